The summed E-state index contributed by atoms with van der Waals surface area (Å²) in [6, 6.07) is 7.49. The average Bonchev–Trinajstić information content (AvgIpc) is 2.82. The molecule has 0 aliphatic heterocycles. The fraction of sp³-hybridized carbons (Fsp3) is 0.357. The van der Waals surface area contributed by atoms with Crippen LogP contribution in [-0.4, -0.2) is 16.3 Å². The summed E-state index contributed by atoms with van der Waals surface area (Å²) < 4.78 is 1.88. The van der Waals surface area contributed by atoms with E-state index >= 15 is 0 Å². The Balaban J connectivity index is 2.01. The third-order valence-corrected chi connectivity index (χ3v) is 3.37. The molecule has 0 aliphatic carbocycles. The molecule has 5 heteroatoms. The molecule has 0 fully saturated rings. The molecule has 0 amide bonds. The van der Waals surface area contributed by atoms with Crippen LogP contribution in [0.2, 0.25) is 10.0 Å². The standard InChI is InChI=1S/C14H17Cl2N3/c1-2-6-17-9-13-5-7-19(18-13)10-11-8-12(15)3-4-14(11)16/h3-5,7-8,17H,2,6,9-10H2,1H3. The molecule has 0 unspecified atom stereocenters. The van der Waals surface area contributed by atoms with Gasteiger partial charge in [0.2, 0.25) is 0 Å². The Morgan fingerprint density at radius 1 is 1.26 bits per heavy atom. The lowest BCUT2D eigenvalue weighted by atomic mass is 10.2. The van der Waals surface area contributed by atoms with E-state index in [4.69, 9.17) is 23.2 Å². The van der Waals surface area contributed by atoms with Gasteiger partial charge in [-0.15, -0.1) is 0 Å². The third-order valence-electron chi connectivity index (χ3n) is 2.77. The first-order valence-corrected chi connectivity index (χ1v) is 7.11. The second-order valence-corrected chi connectivity index (χ2v) is 5.26. The van der Waals surface area contributed by atoms with Crippen molar-refractivity contribution in [1.82, 2.24) is 15.1 Å². The molecule has 1 N–H and O–H groups in total. The van der Waals surface area contributed by atoms with Gasteiger partial charge >= 0.3 is 0 Å². The topological polar surface area (TPSA) is 29.9 Å². The van der Waals surface area contributed by atoms with Gasteiger partial charge in [-0.2, -0.15) is 5.10 Å². The number of nitrogens with zero attached hydrogens (tertiary/aromatic N) is 2. The second-order valence-electron chi connectivity index (χ2n) is 4.42. The minimum absolute atomic E-state index is 0.632. The van der Waals surface area contributed by atoms with Crippen molar-refractivity contribution in [2.45, 2.75) is 26.4 Å². The van der Waals surface area contributed by atoms with Crippen molar-refractivity contribution in [1.29, 1.82) is 0 Å². The van der Waals surface area contributed by atoms with Crippen LogP contribution in [0.4, 0.5) is 0 Å². The first-order valence-electron chi connectivity index (χ1n) is 6.36. The molecule has 3 nitrogen and oxygen atoms in total. The lowest BCUT2D eigenvalue weighted by Gasteiger charge is -2.05. The molecule has 0 saturated heterocycles. The molecule has 1 heterocycles. The number of hydrogen-bond acceptors (Lipinski definition) is 2. The first kappa shape index (κ1) is 14.4. The van der Waals surface area contributed by atoms with E-state index in [-0.39, 0.29) is 0 Å². The first-order chi connectivity index (χ1) is 9.19. The molecule has 0 bridgehead atoms. The van der Waals surface area contributed by atoms with Crippen LogP contribution in [0.15, 0.2) is 30.5 Å². The highest BCUT2D eigenvalue weighted by Gasteiger charge is 2.04. The molecule has 0 radical (unpaired) electrons. The quantitative estimate of drug-likeness (QED) is 0.823. The maximum Gasteiger partial charge on any atom is 0.0762 e. The van der Waals surface area contributed by atoms with Gasteiger partial charge in [-0.1, -0.05) is 30.1 Å². The van der Waals surface area contributed by atoms with Crippen molar-refractivity contribution in [2.24, 2.45) is 0 Å². The van der Waals surface area contributed by atoms with Crippen molar-refractivity contribution in [3.8, 4) is 0 Å². The highest BCUT2D eigenvalue weighted by atomic mass is 35.5. The Kier molecular flexibility index (Phi) is 5.25. The maximum atomic E-state index is 6.14. The van der Waals surface area contributed by atoms with Gasteiger partial charge in [-0.05, 0) is 42.8 Å². The molecule has 1 aromatic heterocycles. The molecule has 0 saturated carbocycles. The van der Waals surface area contributed by atoms with E-state index in [1.54, 1.807) is 6.07 Å². The van der Waals surface area contributed by atoms with E-state index in [1.165, 1.54) is 0 Å². The van der Waals surface area contributed by atoms with Crippen LogP contribution in [0.5, 0.6) is 0 Å². The van der Waals surface area contributed by atoms with Gasteiger partial charge in [0.15, 0.2) is 0 Å². The van der Waals surface area contributed by atoms with Crippen LogP contribution >= 0.6 is 23.2 Å². The van der Waals surface area contributed by atoms with Gasteiger partial charge in [0.1, 0.15) is 0 Å². The Morgan fingerprint density at radius 2 is 2.11 bits per heavy atom. The van der Waals surface area contributed by atoms with Crippen molar-refractivity contribution in [3.63, 3.8) is 0 Å². The van der Waals surface area contributed by atoms with Gasteiger partial charge < -0.3 is 5.32 Å². The molecule has 0 aliphatic rings. The van der Waals surface area contributed by atoms with E-state index in [0.29, 0.717) is 16.6 Å². The summed E-state index contributed by atoms with van der Waals surface area (Å²) in [5.41, 5.74) is 2.01. The molecule has 2 rings (SSSR count). The van der Waals surface area contributed by atoms with Crippen LogP contribution in [0.3, 0.4) is 0 Å². The number of rotatable bonds is 6. The van der Waals surface area contributed by atoms with Crippen LogP contribution in [-0.2, 0) is 13.1 Å². The van der Waals surface area contributed by atoms with Gasteiger partial charge in [-0.3, -0.25) is 4.68 Å². The van der Waals surface area contributed by atoms with Gasteiger partial charge in [-0.25, -0.2) is 0 Å². The lowest BCUT2D eigenvalue weighted by molar-refractivity contribution is 0.628. The largest absolute Gasteiger partial charge is 0.311 e. The number of nitrogens with one attached hydrogen (secondary N) is 1. The van der Waals surface area contributed by atoms with E-state index in [9.17, 15) is 0 Å². The molecule has 19 heavy (non-hydrogen) atoms. The lowest BCUT2D eigenvalue weighted by Crippen LogP contribution is -2.14. The van der Waals surface area contributed by atoms with Gasteiger partial charge in [0.05, 0.1) is 12.2 Å². The summed E-state index contributed by atoms with van der Waals surface area (Å²) in [5, 5.41) is 9.23. The Bertz CT molecular complexity index is 537. The minimum atomic E-state index is 0.632. The Labute approximate surface area is 123 Å². The Hall–Kier alpha value is -1.03. The van der Waals surface area contributed by atoms with Gasteiger partial charge in [0.25, 0.3) is 0 Å². The van der Waals surface area contributed by atoms with Crippen LogP contribution in [0.1, 0.15) is 24.6 Å². The molecule has 0 atom stereocenters. The average molecular weight is 298 g/mol. The van der Waals surface area contributed by atoms with E-state index in [2.05, 4.69) is 17.3 Å². The molecule has 1 aromatic carbocycles. The zero-order valence-corrected chi connectivity index (χ0v) is 12.4. The summed E-state index contributed by atoms with van der Waals surface area (Å²) in [7, 11) is 0. The minimum Gasteiger partial charge on any atom is -0.311 e. The van der Waals surface area contributed by atoms with Crippen molar-refractivity contribution in [2.75, 3.05) is 6.54 Å². The maximum absolute atomic E-state index is 6.14. The summed E-state index contributed by atoms with van der Waals surface area (Å²) in [6.45, 7) is 4.58. The highest BCUT2D eigenvalue weighted by Crippen LogP contribution is 2.21. The van der Waals surface area contributed by atoms with Crippen molar-refractivity contribution < 1.29 is 0 Å². The van der Waals surface area contributed by atoms with E-state index in [1.807, 2.05) is 29.1 Å². The van der Waals surface area contributed by atoms with E-state index < -0.39 is 0 Å². The number of hydrogen-bond donors (Lipinski definition) is 1. The number of halogens is 2. The molecule has 0 spiro atoms. The van der Waals surface area contributed by atoms with Crippen molar-refractivity contribution in [3.05, 3.63) is 51.8 Å². The zero-order valence-electron chi connectivity index (χ0n) is 10.9. The summed E-state index contributed by atoms with van der Waals surface area (Å²) in [6.07, 6.45) is 3.08. The fourth-order valence-corrected chi connectivity index (χ4v) is 2.19. The fourth-order valence-electron chi connectivity index (χ4n) is 1.82. The smallest absolute Gasteiger partial charge is 0.0762 e. The summed E-state index contributed by atoms with van der Waals surface area (Å²) in [4.78, 5) is 0. The van der Waals surface area contributed by atoms with Gasteiger partial charge in [0, 0.05) is 22.8 Å². The highest BCUT2D eigenvalue weighted by molar-refractivity contribution is 6.33. The van der Waals surface area contributed by atoms with Crippen LogP contribution in [0, 0.1) is 0 Å². The van der Waals surface area contributed by atoms with E-state index in [0.717, 1.165) is 30.8 Å². The SMILES string of the molecule is CCCNCc1ccn(Cc2cc(Cl)ccc2Cl)n1. The zero-order chi connectivity index (χ0) is 13.7. The monoisotopic (exact) mass is 297 g/mol. The Morgan fingerprint density at radius 3 is 2.89 bits per heavy atom. The predicted molar refractivity (Wildman–Crippen MR) is 79.8 cm³/mol. The second kappa shape index (κ2) is 6.94. The normalized spacial score (nSPS) is 10.9. The summed E-state index contributed by atoms with van der Waals surface area (Å²) >= 11 is 12.1. The number of aromatic nitrogens is 2. The summed E-state index contributed by atoms with van der Waals surface area (Å²) in [5.74, 6) is 0. The molecular formula is C14H17Cl2N3. The third kappa shape index (κ3) is 4.23. The van der Waals surface area contributed by atoms with Crippen molar-refractivity contribution >= 4 is 23.2 Å². The molecule has 2 aromatic rings. The molecular weight excluding hydrogens is 281 g/mol. The van der Waals surface area contributed by atoms with Crippen LogP contribution in [0.25, 0.3) is 0 Å². The number of benzene rings is 1. The predicted octanol–water partition coefficient (Wildman–Crippen LogP) is 3.74. The molecule has 102 valence electrons. The van der Waals surface area contributed by atoms with Crippen LogP contribution < -0.4 is 5.32 Å².